The summed E-state index contributed by atoms with van der Waals surface area (Å²) in [7, 11) is 0. The summed E-state index contributed by atoms with van der Waals surface area (Å²) >= 11 is 0. The van der Waals surface area contributed by atoms with E-state index in [9.17, 15) is 0 Å². The quantitative estimate of drug-likeness (QED) is 0.711. The van der Waals surface area contributed by atoms with Crippen LogP contribution >= 0.6 is 0 Å². The largest absolute Gasteiger partial charge is 0.301 e. The number of hydrogen-bond donors (Lipinski definition) is 0. The lowest BCUT2D eigenvalue weighted by Gasteiger charge is -2.42. The van der Waals surface area contributed by atoms with Crippen molar-refractivity contribution in [3.63, 3.8) is 0 Å². The summed E-state index contributed by atoms with van der Waals surface area (Å²) in [4.78, 5) is 5.40. The van der Waals surface area contributed by atoms with E-state index in [0.717, 1.165) is 18.0 Å². The van der Waals surface area contributed by atoms with Crippen LogP contribution in [0.5, 0.6) is 0 Å². The van der Waals surface area contributed by atoms with E-state index in [2.05, 4.69) is 30.6 Å². The van der Waals surface area contributed by atoms with Gasteiger partial charge in [-0.2, -0.15) is 0 Å². The van der Waals surface area contributed by atoms with Crippen LogP contribution < -0.4 is 0 Å². The average Bonchev–Trinajstić information content (AvgIpc) is 2.29. The highest BCUT2D eigenvalue weighted by atomic mass is 15.2. The Labute approximate surface area is 101 Å². The fraction of sp³-hybridized carbons (Fsp3) is 1.00. The predicted molar refractivity (Wildman–Crippen MR) is 69.7 cm³/mol. The Morgan fingerprint density at radius 3 is 2.25 bits per heavy atom. The summed E-state index contributed by atoms with van der Waals surface area (Å²) < 4.78 is 0. The summed E-state index contributed by atoms with van der Waals surface area (Å²) in [6, 6.07) is 1.62. The summed E-state index contributed by atoms with van der Waals surface area (Å²) in [6.45, 7) is 12.4. The van der Waals surface area contributed by atoms with E-state index in [4.69, 9.17) is 0 Å². The van der Waals surface area contributed by atoms with E-state index in [0.29, 0.717) is 0 Å². The van der Waals surface area contributed by atoms with Crippen LogP contribution in [-0.2, 0) is 0 Å². The van der Waals surface area contributed by atoms with Crippen LogP contribution in [0.1, 0.15) is 46.5 Å². The lowest BCUT2D eigenvalue weighted by Crippen LogP contribution is -2.49. The van der Waals surface area contributed by atoms with Gasteiger partial charge in [0, 0.05) is 18.6 Å². The molecule has 0 spiro atoms. The maximum atomic E-state index is 2.77. The van der Waals surface area contributed by atoms with Crippen LogP contribution in [0, 0.1) is 5.92 Å². The molecule has 0 aromatic rings. The molecule has 2 heterocycles. The molecule has 0 aliphatic carbocycles. The summed E-state index contributed by atoms with van der Waals surface area (Å²) in [5.41, 5.74) is 0. The van der Waals surface area contributed by atoms with Gasteiger partial charge in [-0.3, -0.25) is 0 Å². The molecule has 1 unspecified atom stereocenters. The van der Waals surface area contributed by atoms with E-state index in [-0.39, 0.29) is 0 Å². The maximum absolute atomic E-state index is 2.77. The van der Waals surface area contributed by atoms with Crippen molar-refractivity contribution in [3.05, 3.63) is 0 Å². The highest BCUT2D eigenvalue weighted by Gasteiger charge is 2.27. The van der Waals surface area contributed by atoms with Crippen LogP contribution in [0.25, 0.3) is 0 Å². The monoisotopic (exact) mass is 224 g/mol. The van der Waals surface area contributed by atoms with Crippen LogP contribution in [0.2, 0.25) is 0 Å². The lowest BCUT2D eigenvalue weighted by molar-refractivity contribution is 0.0651. The molecule has 0 aromatic heterocycles. The van der Waals surface area contributed by atoms with Crippen molar-refractivity contribution >= 4 is 0 Å². The molecular weight excluding hydrogens is 196 g/mol. The molecule has 2 aliphatic heterocycles. The van der Waals surface area contributed by atoms with Gasteiger partial charge in [0.15, 0.2) is 0 Å². The van der Waals surface area contributed by atoms with Crippen molar-refractivity contribution in [1.29, 1.82) is 0 Å². The lowest BCUT2D eigenvalue weighted by atomic mass is 9.95. The minimum Gasteiger partial charge on any atom is -0.301 e. The van der Waals surface area contributed by atoms with Gasteiger partial charge in [-0.25, -0.2) is 0 Å². The van der Waals surface area contributed by atoms with Gasteiger partial charge in [0.25, 0.3) is 0 Å². The molecule has 0 bridgehead atoms. The standard InChI is InChI=1S/C14H28N2/c1-12(2)15-9-6-14(7-10-15)16-8-4-5-13(3)11-16/h12-14H,4-11H2,1-3H3. The van der Waals surface area contributed by atoms with Gasteiger partial charge < -0.3 is 9.80 Å². The molecule has 0 aromatic carbocycles. The summed E-state index contributed by atoms with van der Waals surface area (Å²) in [5, 5.41) is 0. The molecule has 2 heteroatoms. The second-order valence-corrected chi connectivity index (χ2v) is 6.10. The molecule has 0 radical (unpaired) electrons. The Hall–Kier alpha value is -0.0800. The number of likely N-dealkylation sites (tertiary alicyclic amines) is 2. The molecule has 0 N–H and O–H groups in total. The molecule has 16 heavy (non-hydrogen) atoms. The SMILES string of the molecule is CC1CCCN(C2CCN(C(C)C)CC2)C1. The first-order chi connectivity index (χ1) is 7.66. The minimum absolute atomic E-state index is 0.737. The van der Waals surface area contributed by atoms with Crippen molar-refractivity contribution in [1.82, 2.24) is 9.80 Å². The maximum Gasteiger partial charge on any atom is 0.0120 e. The highest BCUT2D eigenvalue weighted by molar-refractivity contribution is 4.83. The Morgan fingerprint density at radius 2 is 1.69 bits per heavy atom. The van der Waals surface area contributed by atoms with Crippen molar-refractivity contribution in [2.24, 2.45) is 5.92 Å². The molecule has 0 amide bonds. The van der Waals surface area contributed by atoms with E-state index < -0.39 is 0 Å². The summed E-state index contributed by atoms with van der Waals surface area (Å²) in [5.74, 6) is 0.928. The predicted octanol–water partition coefficient (Wildman–Crippen LogP) is 2.59. The van der Waals surface area contributed by atoms with Gasteiger partial charge in [-0.05, 0) is 65.1 Å². The van der Waals surface area contributed by atoms with E-state index in [1.807, 2.05) is 0 Å². The van der Waals surface area contributed by atoms with E-state index >= 15 is 0 Å². The third-order valence-corrected chi connectivity index (χ3v) is 4.43. The molecule has 2 rings (SSSR count). The van der Waals surface area contributed by atoms with Crippen molar-refractivity contribution in [2.75, 3.05) is 26.2 Å². The molecule has 2 saturated heterocycles. The third-order valence-electron chi connectivity index (χ3n) is 4.43. The van der Waals surface area contributed by atoms with Crippen LogP contribution in [0.4, 0.5) is 0 Å². The molecule has 2 fully saturated rings. The second kappa shape index (κ2) is 5.50. The first-order valence-electron chi connectivity index (χ1n) is 7.15. The zero-order chi connectivity index (χ0) is 11.5. The third kappa shape index (κ3) is 2.98. The van der Waals surface area contributed by atoms with E-state index in [1.165, 1.54) is 51.9 Å². The fourth-order valence-electron chi connectivity index (χ4n) is 3.32. The van der Waals surface area contributed by atoms with Gasteiger partial charge in [-0.1, -0.05) is 6.92 Å². The van der Waals surface area contributed by atoms with Crippen molar-refractivity contribution < 1.29 is 0 Å². The van der Waals surface area contributed by atoms with Crippen molar-refractivity contribution in [3.8, 4) is 0 Å². The first-order valence-corrected chi connectivity index (χ1v) is 7.15. The number of rotatable bonds is 2. The fourth-order valence-corrected chi connectivity index (χ4v) is 3.32. The Balaban J connectivity index is 1.79. The number of piperidine rings is 2. The zero-order valence-corrected chi connectivity index (χ0v) is 11.3. The van der Waals surface area contributed by atoms with Gasteiger partial charge in [-0.15, -0.1) is 0 Å². The second-order valence-electron chi connectivity index (χ2n) is 6.10. The minimum atomic E-state index is 0.737. The van der Waals surface area contributed by atoms with Gasteiger partial charge in [0.1, 0.15) is 0 Å². The summed E-state index contributed by atoms with van der Waals surface area (Å²) in [6.07, 6.45) is 5.66. The Morgan fingerprint density at radius 1 is 1.00 bits per heavy atom. The highest BCUT2D eigenvalue weighted by Crippen LogP contribution is 2.24. The molecule has 0 saturated carbocycles. The van der Waals surface area contributed by atoms with Crippen LogP contribution in [0.15, 0.2) is 0 Å². The smallest absolute Gasteiger partial charge is 0.0120 e. The molecule has 2 aliphatic rings. The normalized spacial score (nSPS) is 31.1. The van der Waals surface area contributed by atoms with Gasteiger partial charge in [0.2, 0.25) is 0 Å². The van der Waals surface area contributed by atoms with E-state index in [1.54, 1.807) is 0 Å². The molecule has 94 valence electrons. The first kappa shape index (κ1) is 12.4. The Kier molecular flexibility index (Phi) is 4.26. The average molecular weight is 224 g/mol. The Bertz CT molecular complexity index is 207. The van der Waals surface area contributed by atoms with Crippen molar-refractivity contribution in [2.45, 2.75) is 58.5 Å². The van der Waals surface area contributed by atoms with Gasteiger partial charge in [0.05, 0.1) is 0 Å². The van der Waals surface area contributed by atoms with Gasteiger partial charge >= 0.3 is 0 Å². The number of nitrogens with zero attached hydrogens (tertiary/aromatic N) is 2. The topological polar surface area (TPSA) is 6.48 Å². The van der Waals surface area contributed by atoms with Crippen LogP contribution in [0.3, 0.4) is 0 Å². The molecule has 1 atom stereocenters. The molecule has 2 nitrogen and oxygen atoms in total. The number of hydrogen-bond acceptors (Lipinski definition) is 2. The zero-order valence-electron chi connectivity index (χ0n) is 11.3. The molecular formula is C14H28N2. The van der Waals surface area contributed by atoms with Crippen LogP contribution in [-0.4, -0.2) is 48.1 Å².